The molecule has 0 unspecified atom stereocenters. The lowest BCUT2D eigenvalue weighted by Crippen LogP contribution is -2.28. The predicted octanol–water partition coefficient (Wildman–Crippen LogP) is 13.3. The first-order valence-corrected chi connectivity index (χ1v) is 19.8. The highest BCUT2D eigenvalue weighted by molar-refractivity contribution is 7.25. The van der Waals surface area contributed by atoms with Crippen LogP contribution in [0.25, 0.3) is 76.6 Å². The van der Waals surface area contributed by atoms with E-state index in [4.69, 9.17) is 15.0 Å². The Bertz CT molecular complexity index is 3020. The average molecular weight is 732 g/mol. The van der Waals surface area contributed by atoms with E-state index in [9.17, 15) is 0 Å². The molecule has 1 aliphatic rings. The van der Waals surface area contributed by atoms with E-state index in [1.54, 1.807) is 11.3 Å². The smallest absolute Gasteiger partial charge is 0.164 e. The van der Waals surface area contributed by atoms with Gasteiger partial charge in [0.15, 0.2) is 17.5 Å². The summed E-state index contributed by atoms with van der Waals surface area (Å²) in [7, 11) is 0. The van der Waals surface area contributed by atoms with Crippen molar-refractivity contribution in [2.45, 2.75) is 5.41 Å². The van der Waals surface area contributed by atoms with Crippen molar-refractivity contribution in [1.82, 2.24) is 15.0 Å². The minimum Gasteiger partial charge on any atom is -0.208 e. The first-order chi connectivity index (χ1) is 27.7. The van der Waals surface area contributed by atoms with Crippen molar-refractivity contribution in [3.05, 3.63) is 222 Å². The van der Waals surface area contributed by atoms with Crippen LogP contribution in [0, 0.1) is 0 Å². The van der Waals surface area contributed by atoms with Gasteiger partial charge < -0.3 is 0 Å². The number of fused-ring (bicyclic) bond motifs is 6. The van der Waals surface area contributed by atoms with Crippen molar-refractivity contribution in [3.8, 4) is 56.4 Å². The molecule has 262 valence electrons. The number of benzene rings is 8. The fourth-order valence-electron chi connectivity index (χ4n) is 8.66. The third-order valence-electron chi connectivity index (χ3n) is 11.2. The normalized spacial score (nSPS) is 12.8. The summed E-state index contributed by atoms with van der Waals surface area (Å²) in [6, 6.07) is 71.6. The quantitative estimate of drug-likeness (QED) is 0.171. The molecule has 4 heteroatoms. The molecule has 0 saturated heterocycles. The molecule has 0 amide bonds. The molecular formula is C52H33N3S. The fourth-order valence-corrected chi connectivity index (χ4v) is 9.80. The molecule has 0 atom stereocenters. The van der Waals surface area contributed by atoms with Crippen molar-refractivity contribution in [2.24, 2.45) is 0 Å². The van der Waals surface area contributed by atoms with Crippen molar-refractivity contribution in [3.63, 3.8) is 0 Å². The summed E-state index contributed by atoms with van der Waals surface area (Å²) >= 11 is 1.80. The van der Waals surface area contributed by atoms with Gasteiger partial charge in [0.25, 0.3) is 0 Å². The molecule has 2 aromatic heterocycles. The molecule has 8 aromatic carbocycles. The maximum atomic E-state index is 5.24. The van der Waals surface area contributed by atoms with E-state index in [0.29, 0.717) is 17.5 Å². The van der Waals surface area contributed by atoms with Gasteiger partial charge in [0.2, 0.25) is 0 Å². The van der Waals surface area contributed by atoms with Crippen LogP contribution in [0.3, 0.4) is 0 Å². The van der Waals surface area contributed by atoms with Crippen LogP contribution in [0.5, 0.6) is 0 Å². The number of nitrogens with zero attached hydrogens (tertiary/aromatic N) is 3. The van der Waals surface area contributed by atoms with Crippen LogP contribution < -0.4 is 0 Å². The van der Waals surface area contributed by atoms with E-state index in [2.05, 4.69) is 194 Å². The standard InChI is InChI=1S/C52H33N3S/c1-4-14-34(15-5-1)35-24-26-36(27-25-35)49-53-50(55-51(54-49)38-28-30-43-42-21-11-13-23-47(42)56-48(43)33-38)37-29-31-46-44(32-37)41-20-10-12-22-45(41)52(46,39-16-6-2-7-17-39)40-18-8-3-9-19-40/h1-33H. The molecule has 0 aliphatic heterocycles. The van der Waals surface area contributed by atoms with E-state index in [1.165, 1.54) is 59.1 Å². The molecule has 11 rings (SSSR count). The Hall–Kier alpha value is -7.01. The van der Waals surface area contributed by atoms with E-state index >= 15 is 0 Å². The molecular weight excluding hydrogens is 699 g/mol. The summed E-state index contributed by atoms with van der Waals surface area (Å²) in [6.45, 7) is 0. The van der Waals surface area contributed by atoms with E-state index in [0.717, 1.165) is 22.3 Å². The van der Waals surface area contributed by atoms with Gasteiger partial charge >= 0.3 is 0 Å². The van der Waals surface area contributed by atoms with Gasteiger partial charge in [0.1, 0.15) is 0 Å². The van der Waals surface area contributed by atoms with Crippen molar-refractivity contribution in [1.29, 1.82) is 0 Å². The molecule has 0 saturated carbocycles. The molecule has 0 spiro atoms. The zero-order valence-corrected chi connectivity index (χ0v) is 31.1. The molecule has 2 heterocycles. The lowest BCUT2D eigenvalue weighted by Gasteiger charge is -2.33. The lowest BCUT2D eigenvalue weighted by molar-refractivity contribution is 0.768. The number of hydrogen-bond donors (Lipinski definition) is 0. The first-order valence-electron chi connectivity index (χ1n) is 18.9. The van der Waals surface area contributed by atoms with Crippen LogP contribution in [0.15, 0.2) is 200 Å². The van der Waals surface area contributed by atoms with Crippen LogP contribution in [0.4, 0.5) is 0 Å². The maximum absolute atomic E-state index is 5.24. The highest BCUT2D eigenvalue weighted by atomic mass is 32.1. The Balaban J connectivity index is 1.10. The Morgan fingerprint density at radius 3 is 1.52 bits per heavy atom. The molecule has 0 N–H and O–H groups in total. The second-order valence-electron chi connectivity index (χ2n) is 14.3. The fraction of sp³-hybridized carbons (Fsp3) is 0.0192. The number of aromatic nitrogens is 3. The van der Waals surface area contributed by atoms with E-state index in [-0.39, 0.29) is 0 Å². The van der Waals surface area contributed by atoms with Crippen LogP contribution in [0.1, 0.15) is 22.3 Å². The predicted molar refractivity (Wildman–Crippen MR) is 232 cm³/mol. The SMILES string of the molecule is c1ccc(-c2ccc(-c3nc(-c4ccc5c(c4)-c4ccccc4C5(c4ccccc4)c4ccccc4)nc(-c4ccc5c(c4)sc4ccccc45)n3)cc2)cc1. The van der Waals surface area contributed by atoms with E-state index in [1.807, 2.05) is 6.07 Å². The summed E-state index contributed by atoms with van der Waals surface area (Å²) in [5, 5.41) is 2.52. The monoisotopic (exact) mass is 731 g/mol. The zero-order valence-electron chi connectivity index (χ0n) is 30.3. The number of rotatable bonds is 6. The molecule has 0 fully saturated rings. The summed E-state index contributed by atoms with van der Waals surface area (Å²) in [5.74, 6) is 1.94. The molecule has 1 aliphatic carbocycles. The van der Waals surface area contributed by atoms with Gasteiger partial charge in [-0.25, -0.2) is 15.0 Å². The van der Waals surface area contributed by atoms with Crippen molar-refractivity contribution in [2.75, 3.05) is 0 Å². The zero-order chi connectivity index (χ0) is 37.1. The Kier molecular flexibility index (Phi) is 7.58. The minimum absolute atomic E-state index is 0.470. The van der Waals surface area contributed by atoms with Gasteiger partial charge in [-0.1, -0.05) is 182 Å². The summed E-state index contributed by atoms with van der Waals surface area (Å²) < 4.78 is 2.49. The topological polar surface area (TPSA) is 38.7 Å². The lowest BCUT2D eigenvalue weighted by atomic mass is 9.67. The van der Waals surface area contributed by atoms with E-state index < -0.39 is 5.41 Å². The summed E-state index contributed by atoms with van der Waals surface area (Å²) in [5.41, 5.74) is 12.1. The van der Waals surface area contributed by atoms with Crippen LogP contribution >= 0.6 is 11.3 Å². The molecule has 10 aromatic rings. The van der Waals surface area contributed by atoms with Gasteiger partial charge in [-0.2, -0.15) is 0 Å². The van der Waals surface area contributed by atoms with Gasteiger partial charge in [-0.05, 0) is 62.7 Å². The van der Waals surface area contributed by atoms with Gasteiger partial charge in [-0.3, -0.25) is 0 Å². The summed E-state index contributed by atoms with van der Waals surface area (Å²) in [6.07, 6.45) is 0. The average Bonchev–Trinajstić information content (AvgIpc) is 3.80. The van der Waals surface area contributed by atoms with Gasteiger partial charge in [0, 0.05) is 36.9 Å². The third kappa shape index (κ3) is 5.14. The Morgan fingerprint density at radius 2 is 0.804 bits per heavy atom. The molecule has 0 bridgehead atoms. The minimum atomic E-state index is -0.470. The van der Waals surface area contributed by atoms with Crippen molar-refractivity contribution >= 4 is 31.5 Å². The number of hydrogen-bond acceptors (Lipinski definition) is 4. The van der Waals surface area contributed by atoms with Crippen LogP contribution in [0.2, 0.25) is 0 Å². The Morgan fingerprint density at radius 1 is 0.321 bits per heavy atom. The highest BCUT2D eigenvalue weighted by Gasteiger charge is 2.46. The van der Waals surface area contributed by atoms with Gasteiger partial charge in [0.05, 0.1) is 5.41 Å². The maximum Gasteiger partial charge on any atom is 0.164 e. The van der Waals surface area contributed by atoms with Gasteiger partial charge in [-0.15, -0.1) is 11.3 Å². The van der Waals surface area contributed by atoms with Crippen LogP contribution in [-0.2, 0) is 5.41 Å². The molecule has 56 heavy (non-hydrogen) atoms. The second-order valence-corrected chi connectivity index (χ2v) is 15.4. The summed E-state index contributed by atoms with van der Waals surface area (Å²) in [4.78, 5) is 15.6. The third-order valence-corrected chi connectivity index (χ3v) is 12.4. The van der Waals surface area contributed by atoms with Crippen LogP contribution in [-0.4, -0.2) is 15.0 Å². The second kappa shape index (κ2) is 13.1. The molecule has 0 radical (unpaired) electrons. The largest absolute Gasteiger partial charge is 0.208 e. The first kappa shape index (κ1) is 32.4. The molecule has 3 nitrogen and oxygen atoms in total. The number of thiophene rings is 1. The van der Waals surface area contributed by atoms with Crippen molar-refractivity contribution < 1.29 is 0 Å². The highest BCUT2D eigenvalue weighted by Crippen LogP contribution is 2.56. The Labute approximate surface area is 329 Å².